The van der Waals surface area contributed by atoms with Crippen LogP contribution in [-0.4, -0.2) is 52.3 Å². The third-order valence-electron chi connectivity index (χ3n) is 5.17. The lowest BCUT2D eigenvalue weighted by atomic mass is 10.1. The summed E-state index contributed by atoms with van der Waals surface area (Å²) in [5.74, 6) is -3.50. The summed E-state index contributed by atoms with van der Waals surface area (Å²) in [6.45, 7) is 3.55. The van der Waals surface area contributed by atoms with Gasteiger partial charge in [-0.3, -0.25) is 14.4 Å². The Balaban J connectivity index is 1.78. The summed E-state index contributed by atoms with van der Waals surface area (Å²) in [5.41, 5.74) is 0.424. The zero-order chi connectivity index (χ0) is 27.8. The van der Waals surface area contributed by atoms with E-state index < -0.39 is 23.8 Å². The molecule has 0 aliphatic carbocycles. The molecule has 0 bridgehead atoms. The Morgan fingerprint density at radius 1 is 0.711 bits per heavy atom. The zero-order valence-corrected chi connectivity index (χ0v) is 20.6. The largest absolute Gasteiger partial charge is 0.508 e. The number of aromatic hydroxyl groups is 3. The minimum absolute atomic E-state index is 0.0481. The van der Waals surface area contributed by atoms with Crippen LogP contribution in [0.5, 0.6) is 17.2 Å². The molecule has 0 aliphatic rings. The third-order valence-corrected chi connectivity index (χ3v) is 5.17. The molecule has 0 aliphatic heterocycles. The average molecular weight is 523 g/mol. The van der Waals surface area contributed by atoms with Crippen LogP contribution < -0.4 is 10.6 Å². The molecule has 0 heterocycles. The molecule has 2 amide bonds. The number of benzene rings is 3. The van der Waals surface area contributed by atoms with Gasteiger partial charge in [0, 0.05) is 28.1 Å². The van der Waals surface area contributed by atoms with Gasteiger partial charge in [-0.1, -0.05) is 0 Å². The van der Waals surface area contributed by atoms with Crippen molar-refractivity contribution in [1.82, 2.24) is 0 Å². The number of phenols is 3. The second-order valence-electron chi connectivity index (χ2n) is 7.95. The quantitative estimate of drug-likeness (QED) is 0.208. The Bertz CT molecular complexity index is 1380. The van der Waals surface area contributed by atoms with Crippen LogP contribution in [0, 0.1) is 0 Å². The Hall–Kier alpha value is -5.06. The Labute approximate surface area is 217 Å². The minimum atomic E-state index is -0.767. The van der Waals surface area contributed by atoms with Crippen LogP contribution in [0.25, 0.3) is 0 Å². The molecular weight excluding hydrogens is 496 g/mol. The highest BCUT2D eigenvalue weighted by Gasteiger charge is 2.17. The molecule has 11 nitrogen and oxygen atoms in total. The summed E-state index contributed by atoms with van der Waals surface area (Å²) in [5, 5.41) is 35.2. The molecule has 0 aromatic heterocycles. The van der Waals surface area contributed by atoms with Gasteiger partial charge < -0.3 is 35.4 Å². The van der Waals surface area contributed by atoms with Crippen molar-refractivity contribution in [3.05, 3.63) is 76.9 Å². The van der Waals surface area contributed by atoms with Crippen molar-refractivity contribution >= 4 is 35.1 Å². The Morgan fingerprint density at radius 3 is 1.84 bits per heavy atom. The van der Waals surface area contributed by atoms with Gasteiger partial charge in [-0.25, -0.2) is 4.79 Å². The van der Waals surface area contributed by atoms with Gasteiger partial charge in [0.25, 0.3) is 11.8 Å². The van der Waals surface area contributed by atoms with Crippen LogP contribution in [0.2, 0.25) is 0 Å². The summed E-state index contributed by atoms with van der Waals surface area (Å²) >= 11 is 0. The summed E-state index contributed by atoms with van der Waals surface area (Å²) in [4.78, 5) is 49.4. The minimum Gasteiger partial charge on any atom is -0.508 e. The van der Waals surface area contributed by atoms with Gasteiger partial charge in [0.05, 0.1) is 19.6 Å². The van der Waals surface area contributed by atoms with Crippen LogP contribution in [0.3, 0.4) is 0 Å². The highest BCUT2D eigenvalue weighted by atomic mass is 16.5. The molecule has 3 rings (SSSR count). The smallest absolute Gasteiger partial charge is 0.341 e. The maximum atomic E-state index is 12.9. The monoisotopic (exact) mass is 522 g/mol. The number of hydrogen-bond acceptors (Lipinski definition) is 9. The Morgan fingerprint density at radius 2 is 1.26 bits per heavy atom. The average Bonchev–Trinajstić information content (AvgIpc) is 2.87. The molecule has 38 heavy (non-hydrogen) atoms. The first-order valence-corrected chi connectivity index (χ1v) is 11.6. The van der Waals surface area contributed by atoms with Crippen LogP contribution in [0.4, 0.5) is 11.4 Å². The molecule has 0 atom stereocenters. The highest BCUT2D eigenvalue weighted by molar-refractivity contribution is 6.09. The van der Waals surface area contributed by atoms with Crippen molar-refractivity contribution in [2.45, 2.75) is 20.3 Å². The summed E-state index contributed by atoms with van der Waals surface area (Å²) in [7, 11) is 0. The topological polar surface area (TPSA) is 171 Å². The van der Waals surface area contributed by atoms with E-state index in [1.165, 1.54) is 42.5 Å². The predicted octanol–water partition coefficient (Wildman–Crippen LogP) is 3.59. The van der Waals surface area contributed by atoms with Crippen molar-refractivity contribution in [2.24, 2.45) is 0 Å². The van der Waals surface area contributed by atoms with Gasteiger partial charge in [0.2, 0.25) is 0 Å². The van der Waals surface area contributed by atoms with E-state index in [1.807, 2.05) is 0 Å². The molecule has 0 fully saturated rings. The standard InChI is InChI=1S/C27H26N2O9/c1-3-37-24(33)13-15-10-18(5-7-22(15)31)28-25(34)16-9-17(12-20(30)11-16)26(35)29-19-6-8-23(32)21(14-19)27(36)38-4-2/h5-12,14,30-32H,3-4,13H2,1-2H3,(H,28,34)(H,29,35). The lowest BCUT2D eigenvalue weighted by Crippen LogP contribution is -2.16. The van der Waals surface area contributed by atoms with Crippen molar-refractivity contribution in [3.63, 3.8) is 0 Å². The van der Waals surface area contributed by atoms with E-state index in [-0.39, 0.29) is 70.5 Å². The summed E-state index contributed by atoms with van der Waals surface area (Å²) in [6.07, 6.45) is -0.199. The first kappa shape index (κ1) is 27.5. The third kappa shape index (κ3) is 7.00. The van der Waals surface area contributed by atoms with Crippen LogP contribution in [0.1, 0.15) is 50.5 Å². The van der Waals surface area contributed by atoms with Crippen molar-refractivity contribution in [1.29, 1.82) is 0 Å². The molecule has 0 unspecified atom stereocenters. The van der Waals surface area contributed by atoms with E-state index in [4.69, 9.17) is 9.47 Å². The van der Waals surface area contributed by atoms with Crippen molar-refractivity contribution in [3.8, 4) is 17.2 Å². The van der Waals surface area contributed by atoms with Gasteiger partial charge in [-0.2, -0.15) is 0 Å². The maximum Gasteiger partial charge on any atom is 0.341 e. The van der Waals surface area contributed by atoms with E-state index in [0.717, 1.165) is 12.1 Å². The second-order valence-corrected chi connectivity index (χ2v) is 7.95. The maximum absolute atomic E-state index is 12.9. The van der Waals surface area contributed by atoms with Gasteiger partial charge >= 0.3 is 11.9 Å². The zero-order valence-electron chi connectivity index (χ0n) is 20.6. The number of esters is 2. The first-order chi connectivity index (χ1) is 18.1. The summed E-state index contributed by atoms with van der Waals surface area (Å²) in [6, 6.07) is 11.5. The number of rotatable bonds is 9. The molecule has 11 heteroatoms. The van der Waals surface area contributed by atoms with E-state index in [0.29, 0.717) is 0 Å². The number of phenolic OH excluding ortho intramolecular Hbond substituents is 3. The number of hydrogen-bond donors (Lipinski definition) is 5. The number of nitrogens with one attached hydrogen (secondary N) is 2. The lowest BCUT2D eigenvalue weighted by Gasteiger charge is -2.11. The van der Waals surface area contributed by atoms with Crippen molar-refractivity contribution < 1.29 is 44.0 Å². The fourth-order valence-corrected chi connectivity index (χ4v) is 3.44. The summed E-state index contributed by atoms with van der Waals surface area (Å²) < 4.78 is 9.76. The highest BCUT2D eigenvalue weighted by Crippen LogP contribution is 2.25. The van der Waals surface area contributed by atoms with Gasteiger partial charge in [-0.15, -0.1) is 0 Å². The fraction of sp³-hybridized carbons (Fsp3) is 0.185. The SMILES string of the molecule is CCOC(=O)Cc1cc(NC(=O)c2cc(O)cc(C(=O)Nc3ccc(O)c(C(=O)OCC)c3)c2)ccc1O. The van der Waals surface area contributed by atoms with Crippen LogP contribution >= 0.6 is 0 Å². The first-order valence-electron chi connectivity index (χ1n) is 11.6. The fourth-order valence-electron chi connectivity index (χ4n) is 3.44. The number of carbonyl (C=O) groups excluding carboxylic acids is 4. The molecule has 0 spiro atoms. The van der Waals surface area contributed by atoms with Gasteiger partial charge in [0.1, 0.15) is 22.8 Å². The molecule has 0 radical (unpaired) electrons. The number of carbonyl (C=O) groups is 4. The number of anilines is 2. The Kier molecular flexibility index (Phi) is 8.88. The molecule has 0 saturated carbocycles. The van der Waals surface area contributed by atoms with Gasteiger partial charge in [-0.05, 0) is 68.4 Å². The number of amides is 2. The number of ether oxygens (including phenoxy) is 2. The molecule has 5 N–H and O–H groups in total. The lowest BCUT2D eigenvalue weighted by molar-refractivity contribution is -0.142. The second kappa shape index (κ2) is 12.3. The van der Waals surface area contributed by atoms with E-state index in [1.54, 1.807) is 13.8 Å². The molecular formula is C27H26N2O9. The van der Waals surface area contributed by atoms with E-state index >= 15 is 0 Å². The molecule has 3 aromatic rings. The molecule has 198 valence electrons. The van der Waals surface area contributed by atoms with Crippen molar-refractivity contribution in [2.75, 3.05) is 23.8 Å². The van der Waals surface area contributed by atoms with E-state index in [9.17, 15) is 34.5 Å². The van der Waals surface area contributed by atoms with Crippen LogP contribution in [-0.2, 0) is 20.7 Å². The molecule has 0 saturated heterocycles. The van der Waals surface area contributed by atoms with Gasteiger partial charge in [0.15, 0.2) is 0 Å². The molecule has 3 aromatic carbocycles. The normalized spacial score (nSPS) is 10.4. The van der Waals surface area contributed by atoms with E-state index in [2.05, 4.69) is 10.6 Å². The van der Waals surface area contributed by atoms with Crippen LogP contribution in [0.15, 0.2) is 54.6 Å². The predicted molar refractivity (Wildman–Crippen MR) is 137 cm³/mol.